The highest BCUT2D eigenvalue weighted by molar-refractivity contribution is 9.09. The zero-order valence-electron chi connectivity index (χ0n) is 14.3. The van der Waals surface area contributed by atoms with Crippen LogP contribution in [-0.4, -0.2) is 9.39 Å². The molecule has 0 saturated carbocycles. The van der Waals surface area contributed by atoms with Crippen molar-refractivity contribution in [2.75, 3.05) is 0 Å². The maximum absolute atomic E-state index is 3.85. The molecule has 1 aliphatic carbocycles. The summed E-state index contributed by atoms with van der Waals surface area (Å²) in [6, 6.07) is 28.0. The van der Waals surface area contributed by atoms with Crippen molar-refractivity contribution in [1.29, 1.82) is 0 Å². The molecule has 1 aromatic heterocycles. The van der Waals surface area contributed by atoms with Gasteiger partial charge in [-0.05, 0) is 29.3 Å². The number of nitrogens with zero attached hydrogens (tertiary/aromatic N) is 1. The number of fused-ring (bicyclic) bond motifs is 3. The summed E-state index contributed by atoms with van der Waals surface area (Å²) >= 11 is 3.85. The lowest BCUT2D eigenvalue weighted by Gasteiger charge is -2.21. The second-order valence-electron chi connectivity index (χ2n) is 6.71. The van der Waals surface area contributed by atoms with Gasteiger partial charge in [0.1, 0.15) is 0 Å². The van der Waals surface area contributed by atoms with Crippen LogP contribution >= 0.6 is 15.9 Å². The summed E-state index contributed by atoms with van der Waals surface area (Å²) in [5, 5.41) is 2.62. The molecule has 0 N–H and O–H groups in total. The number of allylic oxidation sites excluding steroid dienone is 4. The summed E-state index contributed by atoms with van der Waals surface area (Å²) in [4.78, 5) is 0.331. The van der Waals surface area contributed by atoms with Crippen LogP contribution in [0.4, 0.5) is 0 Å². The third kappa shape index (κ3) is 2.53. The van der Waals surface area contributed by atoms with Crippen molar-refractivity contribution < 1.29 is 0 Å². The molecule has 0 bridgehead atoms. The fraction of sp³-hybridized carbons (Fsp3) is 0.0833. The van der Waals surface area contributed by atoms with Crippen molar-refractivity contribution in [3.8, 4) is 0 Å². The fourth-order valence-corrected chi connectivity index (χ4v) is 4.55. The van der Waals surface area contributed by atoms with Crippen molar-refractivity contribution in [3.05, 3.63) is 96.6 Å². The number of halogens is 1. The highest BCUT2D eigenvalue weighted by Crippen LogP contribution is 2.37. The van der Waals surface area contributed by atoms with Crippen LogP contribution in [0.1, 0.15) is 12.0 Å². The first kappa shape index (κ1) is 15.7. The third-order valence-electron chi connectivity index (χ3n) is 5.06. The molecule has 5 rings (SSSR count). The molecule has 3 aromatic carbocycles. The summed E-state index contributed by atoms with van der Waals surface area (Å²) in [6.45, 7) is 0. The van der Waals surface area contributed by atoms with E-state index in [9.17, 15) is 0 Å². The Morgan fingerprint density at radius 1 is 0.731 bits per heavy atom. The molecule has 0 saturated heterocycles. The largest absolute Gasteiger partial charge is 0.313 e. The lowest BCUT2D eigenvalue weighted by molar-refractivity contribution is 1.01. The molecule has 1 unspecified atom stereocenters. The predicted octanol–water partition coefficient (Wildman–Crippen LogP) is 6.89. The minimum absolute atomic E-state index is 0.331. The van der Waals surface area contributed by atoms with E-state index >= 15 is 0 Å². The van der Waals surface area contributed by atoms with Crippen LogP contribution in [0.2, 0.25) is 0 Å². The van der Waals surface area contributed by atoms with E-state index in [1.165, 1.54) is 38.6 Å². The summed E-state index contributed by atoms with van der Waals surface area (Å²) < 4.78 is 2.43. The number of rotatable bonds is 2. The molecule has 2 heteroatoms. The second kappa shape index (κ2) is 6.30. The number of benzene rings is 3. The van der Waals surface area contributed by atoms with Crippen LogP contribution in [0.5, 0.6) is 0 Å². The average Bonchev–Trinajstić information content (AvgIpc) is 3.03. The van der Waals surface area contributed by atoms with Crippen LogP contribution in [0.25, 0.3) is 33.1 Å². The first-order valence-corrected chi connectivity index (χ1v) is 9.83. The van der Waals surface area contributed by atoms with Crippen LogP contribution in [0.3, 0.4) is 0 Å². The molecule has 126 valence electrons. The summed E-state index contributed by atoms with van der Waals surface area (Å²) in [5.74, 6) is 0. The van der Waals surface area contributed by atoms with Gasteiger partial charge in [-0.3, -0.25) is 0 Å². The Morgan fingerprint density at radius 3 is 1.96 bits per heavy atom. The fourth-order valence-electron chi connectivity index (χ4n) is 3.94. The number of hydrogen-bond donors (Lipinski definition) is 0. The van der Waals surface area contributed by atoms with Gasteiger partial charge in [0.05, 0.1) is 11.0 Å². The average molecular weight is 400 g/mol. The Kier molecular flexibility index (Phi) is 3.79. The van der Waals surface area contributed by atoms with Gasteiger partial charge in [0.15, 0.2) is 0 Å². The maximum Gasteiger partial charge on any atom is 0.0537 e. The van der Waals surface area contributed by atoms with Crippen molar-refractivity contribution in [2.24, 2.45) is 0 Å². The van der Waals surface area contributed by atoms with Gasteiger partial charge in [0.25, 0.3) is 0 Å². The van der Waals surface area contributed by atoms with Gasteiger partial charge in [-0.1, -0.05) is 88.7 Å². The molecular weight excluding hydrogens is 382 g/mol. The van der Waals surface area contributed by atoms with Gasteiger partial charge in [-0.2, -0.15) is 0 Å². The van der Waals surface area contributed by atoms with E-state index < -0.39 is 0 Å². The standard InChI is InChI=1S/C24H18BrN/c25-19-14-18(17-8-2-1-3-9-17)15-20(16-19)26-23-12-6-4-10-21(23)22-11-5-7-13-24(22)26/h1-15,19H,16H2. The molecule has 4 aromatic rings. The molecule has 26 heavy (non-hydrogen) atoms. The Hall–Kier alpha value is -2.58. The molecule has 0 spiro atoms. The second-order valence-corrected chi connectivity index (χ2v) is 7.89. The minimum atomic E-state index is 0.331. The zero-order chi connectivity index (χ0) is 17.5. The quantitative estimate of drug-likeness (QED) is 0.323. The van der Waals surface area contributed by atoms with Crippen molar-refractivity contribution >= 4 is 49.0 Å². The smallest absolute Gasteiger partial charge is 0.0537 e. The normalized spacial score (nSPS) is 17.3. The Morgan fingerprint density at radius 2 is 1.31 bits per heavy atom. The van der Waals surface area contributed by atoms with Gasteiger partial charge in [0, 0.05) is 27.7 Å². The molecule has 1 atom stereocenters. The molecule has 1 heterocycles. The van der Waals surface area contributed by atoms with Crippen LogP contribution < -0.4 is 0 Å². The molecule has 1 aliphatic rings. The first-order chi connectivity index (χ1) is 12.8. The maximum atomic E-state index is 3.85. The first-order valence-electron chi connectivity index (χ1n) is 8.92. The highest BCUT2D eigenvalue weighted by Gasteiger charge is 2.19. The SMILES string of the molecule is BrC1C=C(c2ccccc2)C=C(n2c3ccccc3c3ccccc32)C1. The van der Waals surface area contributed by atoms with Gasteiger partial charge in [-0.15, -0.1) is 0 Å². The molecule has 0 amide bonds. The lowest BCUT2D eigenvalue weighted by Crippen LogP contribution is -2.08. The number of alkyl halides is 1. The number of para-hydroxylation sites is 2. The minimum Gasteiger partial charge on any atom is -0.313 e. The van der Waals surface area contributed by atoms with Crippen molar-refractivity contribution in [1.82, 2.24) is 4.57 Å². The summed E-state index contributed by atoms with van der Waals surface area (Å²) in [7, 11) is 0. The van der Waals surface area contributed by atoms with Gasteiger partial charge in [-0.25, -0.2) is 0 Å². The van der Waals surface area contributed by atoms with E-state index in [-0.39, 0.29) is 0 Å². The molecule has 0 fully saturated rings. The van der Waals surface area contributed by atoms with Gasteiger partial charge < -0.3 is 4.57 Å². The monoisotopic (exact) mass is 399 g/mol. The van der Waals surface area contributed by atoms with Crippen molar-refractivity contribution in [3.63, 3.8) is 0 Å². The van der Waals surface area contributed by atoms with Crippen LogP contribution in [0.15, 0.2) is 91.0 Å². The Labute approximate surface area is 161 Å². The Bertz CT molecular complexity index is 1110. The Balaban J connectivity index is 1.77. The summed E-state index contributed by atoms with van der Waals surface area (Å²) in [6.07, 6.45) is 5.62. The van der Waals surface area contributed by atoms with E-state index in [4.69, 9.17) is 0 Å². The number of aromatic nitrogens is 1. The van der Waals surface area contributed by atoms with Gasteiger partial charge in [0.2, 0.25) is 0 Å². The van der Waals surface area contributed by atoms with E-state index in [0.29, 0.717) is 4.83 Å². The highest BCUT2D eigenvalue weighted by atomic mass is 79.9. The third-order valence-corrected chi connectivity index (χ3v) is 5.65. The lowest BCUT2D eigenvalue weighted by atomic mass is 9.97. The summed E-state index contributed by atoms with van der Waals surface area (Å²) in [5.41, 5.74) is 6.40. The zero-order valence-corrected chi connectivity index (χ0v) is 15.9. The van der Waals surface area contributed by atoms with Gasteiger partial charge >= 0.3 is 0 Å². The van der Waals surface area contributed by atoms with E-state index in [2.05, 4.69) is 112 Å². The molecule has 0 aliphatic heterocycles. The van der Waals surface area contributed by atoms with Crippen LogP contribution in [-0.2, 0) is 0 Å². The van der Waals surface area contributed by atoms with Crippen molar-refractivity contribution in [2.45, 2.75) is 11.2 Å². The van der Waals surface area contributed by atoms with Crippen LogP contribution in [0, 0.1) is 0 Å². The van der Waals surface area contributed by atoms with E-state index in [1.807, 2.05) is 0 Å². The molecule has 0 radical (unpaired) electrons. The van der Waals surface area contributed by atoms with E-state index in [0.717, 1.165) is 6.42 Å². The topological polar surface area (TPSA) is 4.93 Å². The van der Waals surface area contributed by atoms with E-state index in [1.54, 1.807) is 0 Å². The predicted molar refractivity (Wildman–Crippen MR) is 115 cm³/mol. The molecule has 1 nitrogen and oxygen atoms in total. The number of hydrogen-bond acceptors (Lipinski definition) is 0. The molecular formula is C24H18BrN.